The molecule has 2 rings (SSSR count). The summed E-state index contributed by atoms with van der Waals surface area (Å²) in [5.74, 6) is -1.50. The van der Waals surface area contributed by atoms with Crippen LogP contribution in [0.25, 0.3) is 0 Å². The fraction of sp³-hybridized carbons (Fsp3) is 0.571. The Bertz CT molecular complexity index is 554. The van der Waals surface area contributed by atoms with Crippen molar-refractivity contribution in [3.8, 4) is 0 Å². The van der Waals surface area contributed by atoms with Crippen LogP contribution < -0.4 is 10.6 Å². The first-order valence-corrected chi connectivity index (χ1v) is 6.84. The molecule has 0 spiro atoms. The summed E-state index contributed by atoms with van der Waals surface area (Å²) in [6.07, 6.45) is -3.56. The second kappa shape index (κ2) is 5.54. The third-order valence-corrected chi connectivity index (χ3v) is 3.80. The maximum absolute atomic E-state index is 12.9. The zero-order valence-corrected chi connectivity index (χ0v) is 12.1. The highest BCUT2D eigenvalue weighted by atomic mass is 19.4. The molecule has 1 atom stereocenters. The normalized spacial score (nSPS) is 19.7. The van der Waals surface area contributed by atoms with Crippen molar-refractivity contribution in [3.63, 3.8) is 0 Å². The minimum absolute atomic E-state index is 0.0906. The molecule has 1 fully saturated rings. The van der Waals surface area contributed by atoms with Gasteiger partial charge in [0, 0.05) is 18.8 Å². The van der Waals surface area contributed by atoms with E-state index in [0.29, 0.717) is 35.6 Å². The van der Waals surface area contributed by atoms with Gasteiger partial charge in [-0.25, -0.2) is 0 Å². The molecule has 0 amide bonds. The third-order valence-electron chi connectivity index (χ3n) is 3.80. The second-order valence-corrected chi connectivity index (χ2v) is 5.48. The number of nitrogens with two attached hydrogens (primary N) is 1. The van der Waals surface area contributed by atoms with Crippen LogP contribution in [0.15, 0.2) is 6.07 Å². The molecule has 1 saturated heterocycles. The molecule has 116 valence electrons. The average molecular weight is 300 g/mol. The summed E-state index contributed by atoms with van der Waals surface area (Å²) in [5, 5.41) is 7.67. The van der Waals surface area contributed by atoms with E-state index in [0.717, 1.165) is 0 Å². The molecule has 0 bridgehead atoms. The number of anilines is 1. The van der Waals surface area contributed by atoms with E-state index in [4.69, 9.17) is 11.1 Å². The van der Waals surface area contributed by atoms with Gasteiger partial charge < -0.3 is 10.6 Å². The largest absolute Gasteiger partial charge is 0.393 e. The molecule has 7 heteroatoms. The number of piperidine rings is 1. The van der Waals surface area contributed by atoms with E-state index in [9.17, 15) is 13.2 Å². The molecular formula is C14H19F3N4. The van der Waals surface area contributed by atoms with Crippen molar-refractivity contribution < 1.29 is 13.2 Å². The molecule has 2 heterocycles. The van der Waals surface area contributed by atoms with Gasteiger partial charge in [-0.1, -0.05) is 0 Å². The Hall–Kier alpha value is -1.79. The van der Waals surface area contributed by atoms with E-state index in [1.807, 2.05) is 0 Å². The maximum Gasteiger partial charge on any atom is 0.393 e. The van der Waals surface area contributed by atoms with Crippen molar-refractivity contribution in [2.75, 3.05) is 18.0 Å². The van der Waals surface area contributed by atoms with Gasteiger partial charge in [0.15, 0.2) is 0 Å². The molecule has 1 aliphatic rings. The topological polar surface area (TPSA) is 66.0 Å². The summed E-state index contributed by atoms with van der Waals surface area (Å²) < 4.78 is 38.8. The van der Waals surface area contributed by atoms with Gasteiger partial charge in [-0.05, 0) is 32.8 Å². The molecule has 4 nitrogen and oxygen atoms in total. The third kappa shape index (κ3) is 3.28. The molecule has 0 aliphatic carbocycles. The van der Waals surface area contributed by atoms with E-state index in [2.05, 4.69) is 4.98 Å². The Morgan fingerprint density at radius 1 is 1.43 bits per heavy atom. The molecule has 1 aromatic heterocycles. The highest BCUT2D eigenvalue weighted by Gasteiger charge is 2.42. The number of hydrogen-bond acceptors (Lipinski definition) is 3. The molecule has 1 aliphatic heterocycles. The predicted molar refractivity (Wildman–Crippen MR) is 75.7 cm³/mol. The van der Waals surface area contributed by atoms with Crippen molar-refractivity contribution in [2.45, 2.75) is 32.9 Å². The van der Waals surface area contributed by atoms with Crippen molar-refractivity contribution in [2.24, 2.45) is 11.7 Å². The van der Waals surface area contributed by atoms with Crippen LogP contribution in [0.5, 0.6) is 0 Å². The van der Waals surface area contributed by atoms with Crippen LogP contribution in [-0.2, 0) is 0 Å². The number of hydrogen-bond donors (Lipinski definition) is 2. The summed E-state index contributed by atoms with van der Waals surface area (Å²) >= 11 is 0. The van der Waals surface area contributed by atoms with Gasteiger partial charge in [-0.3, -0.25) is 10.4 Å². The summed E-state index contributed by atoms with van der Waals surface area (Å²) in [6.45, 7) is 3.95. The van der Waals surface area contributed by atoms with Crippen molar-refractivity contribution in [1.82, 2.24) is 4.98 Å². The van der Waals surface area contributed by atoms with Gasteiger partial charge in [0.25, 0.3) is 0 Å². The number of amidine groups is 1. The Balaban J connectivity index is 2.39. The summed E-state index contributed by atoms with van der Waals surface area (Å²) in [4.78, 5) is 5.93. The first-order chi connectivity index (χ1) is 9.70. The van der Waals surface area contributed by atoms with Crippen molar-refractivity contribution >= 4 is 11.5 Å². The minimum atomic E-state index is -4.19. The standard InChI is InChI=1S/C14H19F3N4/c1-8-6-11(12(13(18)19)9(2)20-8)21-5-3-4-10(7-21)14(15,16)17/h6,10H,3-5,7H2,1-2H3,(H3,18,19). The van der Waals surface area contributed by atoms with E-state index in [1.54, 1.807) is 24.8 Å². The molecule has 0 radical (unpaired) electrons. The van der Waals surface area contributed by atoms with Crippen LogP contribution in [0, 0.1) is 25.2 Å². The number of aromatic nitrogens is 1. The zero-order chi connectivity index (χ0) is 15.8. The SMILES string of the molecule is Cc1cc(N2CCCC(C(F)(F)F)C2)c(C(=N)N)c(C)n1. The van der Waals surface area contributed by atoms with E-state index < -0.39 is 12.1 Å². The number of aryl methyl sites for hydroxylation is 2. The Morgan fingerprint density at radius 3 is 2.67 bits per heavy atom. The van der Waals surface area contributed by atoms with Gasteiger partial charge in [0.05, 0.1) is 22.9 Å². The number of rotatable bonds is 2. The molecular weight excluding hydrogens is 281 g/mol. The van der Waals surface area contributed by atoms with Crippen LogP contribution in [-0.4, -0.2) is 30.1 Å². The number of pyridine rings is 1. The highest BCUT2D eigenvalue weighted by Crippen LogP contribution is 2.36. The van der Waals surface area contributed by atoms with E-state index in [1.165, 1.54) is 0 Å². The van der Waals surface area contributed by atoms with Crippen LogP contribution in [0.3, 0.4) is 0 Å². The summed E-state index contributed by atoms with van der Waals surface area (Å²) in [7, 11) is 0. The zero-order valence-electron chi connectivity index (χ0n) is 12.1. The van der Waals surface area contributed by atoms with Gasteiger partial charge >= 0.3 is 6.18 Å². The molecule has 1 unspecified atom stereocenters. The van der Waals surface area contributed by atoms with Crippen LogP contribution in [0.4, 0.5) is 18.9 Å². The van der Waals surface area contributed by atoms with Crippen molar-refractivity contribution in [3.05, 3.63) is 23.0 Å². The molecule has 3 N–H and O–H groups in total. The quantitative estimate of drug-likeness (QED) is 0.652. The maximum atomic E-state index is 12.9. The number of alkyl halides is 3. The fourth-order valence-corrected chi connectivity index (χ4v) is 2.85. The Labute approximate surface area is 121 Å². The molecule has 1 aromatic rings. The molecule has 0 saturated carbocycles. The number of nitrogen functional groups attached to an aromatic ring is 1. The fourth-order valence-electron chi connectivity index (χ4n) is 2.85. The van der Waals surface area contributed by atoms with Crippen LogP contribution >= 0.6 is 0 Å². The minimum Gasteiger partial charge on any atom is -0.384 e. The van der Waals surface area contributed by atoms with Crippen molar-refractivity contribution in [1.29, 1.82) is 5.41 Å². The monoisotopic (exact) mass is 300 g/mol. The highest BCUT2D eigenvalue weighted by molar-refractivity contribution is 6.01. The van der Waals surface area contributed by atoms with Gasteiger partial charge in [0.1, 0.15) is 5.84 Å². The smallest absolute Gasteiger partial charge is 0.384 e. The lowest BCUT2D eigenvalue weighted by molar-refractivity contribution is -0.175. The van der Waals surface area contributed by atoms with Gasteiger partial charge in [-0.15, -0.1) is 0 Å². The lowest BCUT2D eigenvalue weighted by atomic mass is 9.96. The van der Waals surface area contributed by atoms with E-state index in [-0.39, 0.29) is 18.8 Å². The first kappa shape index (κ1) is 15.6. The van der Waals surface area contributed by atoms with E-state index >= 15 is 0 Å². The Morgan fingerprint density at radius 2 is 2.10 bits per heavy atom. The van der Waals surface area contributed by atoms with Gasteiger partial charge in [0.2, 0.25) is 0 Å². The lowest BCUT2D eigenvalue weighted by Gasteiger charge is -2.36. The number of halogens is 3. The second-order valence-electron chi connectivity index (χ2n) is 5.48. The molecule has 0 aromatic carbocycles. The average Bonchev–Trinajstić information content (AvgIpc) is 2.36. The lowest BCUT2D eigenvalue weighted by Crippen LogP contribution is -2.42. The summed E-state index contributed by atoms with van der Waals surface area (Å²) in [6, 6.07) is 1.71. The van der Waals surface area contributed by atoms with Crippen LogP contribution in [0.1, 0.15) is 29.8 Å². The number of nitrogens with one attached hydrogen (secondary N) is 1. The first-order valence-electron chi connectivity index (χ1n) is 6.84. The van der Waals surface area contributed by atoms with Gasteiger partial charge in [-0.2, -0.15) is 13.2 Å². The summed E-state index contributed by atoms with van der Waals surface area (Å²) in [5.41, 5.74) is 7.89. The number of nitrogens with zero attached hydrogens (tertiary/aromatic N) is 2. The van der Waals surface area contributed by atoms with Crippen LogP contribution in [0.2, 0.25) is 0 Å². The molecule has 21 heavy (non-hydrogen) atoms. The Kier molecular flexibility index (Phi) is 4.11. The predicted octanol–water partition coefficient (Wildman–Crippen LogP) is 2.76.